The molecule has 0 amide bonds. The molecule has 45 heavy (non-hydrogen) atoms. The summed E-state index contributed by atoms with van der Waals surface area (Å²) in [4.78, 5) is 23.3. The molecule has 2 aromatic rings. The number of benzene rings is 2. The van der Waals surface area contributed by atoms with Crippen molar-refractivity contribution in [3.63, 3.8) is 0 Å². The van der Waals surface area contributed by atoms with Crippen molar-refractivity contribution in [2.45, 2.75) is 35.6 Å². The predicted molar refractivity (Wildman–Crippen MR) is 163 cm³/mol. The van der Waals surface area contributed by atoms with Crippen molar-refractivity contribution in [2.24, 2.45) is 0 Å². The van der Waals surface area contributed by atoms with Crippen LogP contribution in [0, 0.1) is 20.2 Å². The summed E-state index contributed by atoms with van der Waals surface area (Å²) >= 11 is 3.27. The van der Waals surface area contributed by atoms with Crippen LogP contribution in [0.4, 0.5) is 26.3 Å². The van der Waals surface area contributed by atoms with E-state index in [9.17, 15) is 46.6 Å². The molecular formula is C28H20F6I2N2O7. The molecule has 4 atom stereocenters. The minimum atomic E-state index is -4.94. The first-order chi connectivity index (χ1) is 21.0. The summed E-state index contributed by atoms with van der Waals surface area (Å²) in [6, 6.07) is 8.03. The summed E-state index contributed by atoms with van der Waals surface area (Å²) in [6.45, 7) is 0. The molecule has 0 heterocycles. The summed E-state index contributed by atoms with van der Waals surface area (Å²) in [5.41, 5.74) is -8.91. The first-order valence-corrected chi connectivity index (χ1v) is 14.7. The molecule has 4 unspecified atom stereocenters. The van der Waals surface area contributed by atoms with Gasteiger partial charge in [-0.25, -0.2) is 0 Å². The second kappa shape index (κ2) is 12.6. The maximum absolute atomic E-state index is 13.9. The summed E-state index contributed by atoms with van der Waals surface area (Å²) in [5.74, 6) is -0.227. The fourth-order valence-corrected chi connectivity index (χ4v) is 7.40. The van der Waals surface area contributed by atoms with Gasteiger partial charge in [-0.2, -0.15) is 26.3 Å². The Morgan fingerprint density at radius 2 is 1.02 bits per heavy atom. The molecule has 0 aliphatic heterocycles. The summed E-state index contributed by atoms with van der Waals surface area (Å²) < 4.78 is 100. The lowest BCUT2D eigenvalue weighted by atomic mass is 9.78. The fraction of sp³-hybridized carbons (Fsp3) is 0.286. The van der Waals surface area contributed by atoms with Crippen LogP contribution in [0.5, 0.6) is 0 Å². The maximum Gasteiger partial charge on any atom is 0.416 e. The Balaban J connectivity index is 1.82. The topological polar surface area (TPSA) is 114 Å². The van der Waals surface area contributed by atoms with Crippen LogP contribution < -0.4 is 0 Å². The lowest BCUT2D eigenvalue weighted by Gasteiger charge is -2.36. The molecule has 0 bridgehead atoms. The number of hydrogen-bond donors (Lipinski definition) is 0. The predicted octanol–water partition coefficient (Wildman–Crippen LogP) is 7.85. The fourth-order valence-electron chi connectivity index (χ4n) is 5.37. The zero-order valence-electron chi connectivity index (χ0n) is 22.9. The van der Waals surface area contributed by atoms with Gasteiger partial charge in [0.15, 0.2) is 12.2 Å². The standard InChI is InChI=1S/C28H20F6I2N2O7/c1-43-23-21(35)19(11-13-25(23,37(39)40)15-7-3-5-9-17(15)27(29,30)31)45-20-12-14-26(38(41)42,24(44-2)22(20)36)16-8-4-6-10-18(16)28(32,33)34/h3-14,23-24H,1-2H3. The van der Waals surface area contributed by atoms with Crippen molar-refractivity contribution >= 4 is 45.2 Å². The lowest BCUT2D eigenvalue weighted by Crippen LogP contribution is -2.49. The molecule has 0 spiro atoms. The van der Waals surface area contributed by atoms with Crippen molar-refractivity contribution in [3.05, 3.63) is 134 Å². The largest absolute Gasteiger partial charge is 0.456 e. The zero-order chi connectivity index (χ0) is 33.5. The molecule has 0 saturated carbocycles. The molecule has 4 rings (SSSR count). The van der Waals surface area contributed by atoms with Gasteiger partial charge in [0, 0.05) is 47.3 Å². The summed E-state index contributed by atoms with van der Waals surface area (Å²) in [5, 5.41) is 25.1. The molecule has 2 aromatic carbocycles. The number of halogens is 8. The monoisotopic (exact) mass is 864 g/mol. The number of allylic oxidation sites excluding steroid dienone is 2. The SMILES string of the molecule is COC1C(I)=C(OC2=C(I)C(OC)C(c3ccccc3C(F)(F)F)([N+](=O)[O-])C=C2)C=CC1(c1ccccc1C(F)(F)F)[N+](=O)[O-]. The van der Waals surface area contributed by atoms with Gasteiger partial charge < -0.3 is 14.2 Å². The molecule has 17 heteroatoms. The van der Waals surface area contributed by atoms with Gasteiger partial charge in [0.05, 0.1) is 18.3 Å². The molecule has 9 nitrogen and oxygen atoms in total. The van der Waals surface area contributed by atoms with Crippen molar-refractivity contribution < 1.29 is 50.4 Å². The third kappa shape index (κ3) is 5.86. The Kier molecular flexibility index (Phi) is 9.78. The van der Waals surface area contributed by atoms with E-state index in [4.69, 9.17) is 14.2 Å². The van der Waals surface area contributed by atoms with Gasteiger partial charge in [0.25, 0.3) is 11.1 Å². The number of methoxy groups -OCH3 is 2. The smallest absolute Gasteiger partial charge is 0.416 e. The van der Waals surface area contributed by atoms with Gasteiger partial charge in [-0.3, -0.25) is 20.2 Å². The van der Waals surface area contributed by atoms with Crippen LogP contribution in [0.15, 0.2) is 91.5 Å². The van der Waals surface area contributed by atoms with Gasteiger partial charge in [-0.15, -0.1) is 0 Å². The molecular weight excluding hydrogens is 844 g/mol. The van der Waals surface area contributed by atoms with E-state index < -0.39 is 67.7 Å². The van der Waals surface area contributed by atoms with Crippen molar-refractivity contribution in [1.29, 1.82) is 0 Å². The number of alkyl halides is 6. The van der Waals surface area contributed by atoms with Crippen molar-refractivity contribution in [3.8, 4) is 0 Å². The minimum absolute atomic E-state index is 0.0288. The van der Waals surface area contributed by atoms with Crippen molar-refractivity contribution in [2.75, 3.05) is 14.2 Å². The van der Waals surface area contributed by atoms with E-state index in [2.05, 4.69) is 0 Å². The van der Waals surface area contributed by atoms with Gasteiger partial charge in [-0.1, -0.05) is 36.4 Å². The lowest BCUT2D eigenvalue weighted by molar-refractivity contribution is -0.575. The molecule has 2 aliphatic carbocycles. The van der Waals surface area contributed by atoms with E-state index in [-0.39, 0.29) is 18.7 Å². The Bertz CT molecular complexity index is 1540. The average Bonchev–Trinajstić information content (AvgIpc) is 2.97. The van der Waals surface area contributed by atoms with Crippen molar-refractivity contribution in [1.82, 2.24) is 0 Å². The normalized spacial score (nSPS) is 25.5. The average molecular weight is 864 g/mol. The highest BCUT2D eigenvalue weighted by Gasteiger charge is 2.59. The van der Waals surface area contributed by atoms with Gasteiger partial charge in [0.2, 0.25) is 0 Å². The first kappa shape index (κ1) is 34.8. The third-order valence-electron chi connectivity index (χ3n) is 7.33. The van der Waals surface area contributed by atoms with E-state index in [1.807, 2.05) is 0 Å². The van der Waals surface area contributed by atoms with Crippen LogP contribution in [-0.2, 0) is 37.6 Å². The maximum atomic E-state index is 13.9. The molecule has 2 aliphatic rings. The van der Waals surface area contributed by atoms with Gasteiger partial charge in [0.1, 0.15) is 11.5 Å². The van der Waals surface area contributed by atoms with Crippen LogP contribution in [-0.4, -0.2) is 36.3 Å². The minimum Gasteiger partial charge on any atom is -0.456 e. The number of nitro groups is 2. The molecule has 0 aromatic heterocycles. The van der Waals surface area contributed by atoms with Crippen LogP contribution >= 0.6 is 45.2 Å². The number of hydrogen-bond acceptors (Lipinski definition) is 7. The highest BCUT2D eigenvalue weighted by atomic mass is 127. The number of rotatable bonds is 8. The Morgan fingerprint density at radius 1 is 0.689 bits per heavy atom. The molecule has 240 valence electrons. The van der Waals surface area contributed by atoms with Gasteiger partial charge >= 0.3 is 12.4 Å². The molecule has 0 radical (unpaired) electrons. The quantitative estimate of drug-likeness (QED) is 0.115. The summed E-state index contributed by atoms with van der Waals surface area (Å²) in [6.07, 6.45) is -9.17. The second-order valence-corrected chi connectivity index (χ2v) is 12.0. The number of nitrogens with zero attached hydrogens (tertiary/aromatic N) is 2. The van der Waals surface area contributed by atoms with Crippen LogP contribution in [0.2, 0.25) is 0 Å². The van der Waals surface area contributed by atoms with E-state index in [1.54, 1.807) is 45.2 Å². The van der Waals surface area contributed by atoms with Gasteiger partial charge in [-0.05, 0) is 69.5 Å². The van der Waals surface area contributed by atoms with Crippen LogP contribution in [0.25, 0.3) is 0 Å². The zero-order valence-corrected chi connectivity index (χ0v) is 27.2. The molecule has 0 N–H and O–H groups in total. The second-order valence-electron chi connectivity index (χ2n) is 9.68. The highest BCUT2D eigenvalue weighted by molar-refractivity contribution is 14.1. The van der Waals surface area contributed by atoms with E-state index in [0.717, 1.165) is 62.8 Å². The van der Waals surface area contributed by atoms with E-state index in [1.165, 1.54) is 12.1 Å². The Labute approximate surface area is 278 Å². The van der Waals surface area contributed by atoms with E-state index >= 15 is 0 Å². The molecule has 0 fully saturated rings. The Hall–Kier alpha value is -3.04. The summed E-state index contributed by atoms with van der Waals surface area (Å²) in [7, 11) is 2.14. The highest BCUT2D eigenvalue weighted by Crippen LogP contribution is 2.50. The molecule has 0 saturated heterocycles. The van der Waals surface area contributed by atoms with Crippen LogP contribution in [0.1, 0.15) is 22.3 Å². The number of ether oxygens (including phenoxy) is 3. The van der Waals surface area contributed by atoms with E-state index in [0.29, 0.717) is 12.1 Å². The Morgan fingerprint density at radius 3 is 1.31 bits per heavy atom. The third-order valence-corrected chi connectivity index (χ3v) is 9.53. The van der Waals surface area contributed by atoms with Crippen LogP contribution in [0.3, 0.4) is 0 Å². The first-order valence-electron chi connectivity index (χ1n) is 12.5.